The van der Waals surface area contributed by atoms with E-state index in [9.17, 15) is 0 Å². The highest BCUT2D eigenvalue weighted by Gasteiger charge is 2.02. The first-order chi connectivity index (χ1) is 6.84. The van der Waals surface area contributed by atoms with Crippen LogP contribution in [0.15, 0.2) is 42.6 Å². The molecule has 2 nitrogen and oxygen atoms in total. The summed E-state index contributed by atoms with van der Waals surface area (Å²) in [5.74, 6) is 0. The van der Waals surface area contributed by atoms with E-state index < -0.39 is 0 Å². The topological polar surface area (TPSA) is 17.3 Å². The van der Waals surface area contributed by atoms with Gasteiger partial charge in [0.1, 0.15) is 5.65 Å². The first-order valence-electron chi connectivity index (χ1n) is 4.37. The normalized spacial score (nSPS) is 11.2. The van der Waals surface area contributed by atoms with Gasteiger partial charge >= 0.3 is 0 Å². The molecule has 2 aromatic heterocycles. The molecule has 68 valence electrons. The molecule has 0 fully saturated rings. The molecule has 0 aliphatic carbocycles. The van der Waals surface area contributed by atoms with Gasteiger partial charge in [0.25, 0.3) is 0 Å². The van der Waals surface area contributed by atoms with E-state index >= 15 is 0 Å². The Bertz CT molecular complexity index is 613. The molecule has 14 heavy (non-hydrogen) atoms. The SMILES string of the molecule is Ic1ccc2nc3ccccc3n2c1. The van der Waals surface area contributed by atoms with Crippen molar-refractivity contribution < 1.29 is 0 Å². The molecule has 3 heteroatoms. The lowest BCUT2D eigenvalue weighted by Crippen LogP contribution is -1.84. The average Bonchev–Trinajstić information content (AvgIpc) is 2.56. The number of hydrogen-bond acceptors (Lipinski definition) is 1. The molecule has 0 unspecified atom stereocenters. The number of aromatic nitrogens is 2. The smallest absolute Gasteiger partial charge is 0.137 e. The van der Waals surface area contributed by atoms with Crippen molar-refractivity contribution in [1.82, 2.24) is 9.38 Å². The van der Waals surface area contributed by atoms with Crippen LogP contribution in [-0.2, 0) is 0 Å². The zero-order valence-electron chi connectivity index (χ0n) is 7.31. The Labute approximate surface area is 94.7 Å². The fourth-order valence-corrected chi connectivity index (χ4v) is 2.10. The van der Waals surface area contributed by atoms with Crippen LogP contribution in [0, 0.1) is 3.57 Å². The zero-order chi connectivity index (χ0) is 9.54. The van der Waals surface area contributed by atoms with Gasteiger partial charge in [-0.05, 0) is 46.9 Å². The monoisotopic (exact) mass is 294 g/mol. The van der Waals surface area contributed by atoms with Gasteiger partial charge in [-0.25, -0.2) is 4.98 Å². The molecular weight excluding hydrogens is 287 g/mol. The van der Waals surface area contributed by atoms with E-state index in [1.54, 1.807) is 0 Å². The summed E-state index contributed by atoms with van der Waals surface area (Å²) < 4.78 is 3.34. The van der Waals surface area contributed by atoms with Gasteiger partial charge in [-0.15, -0.1) is 0 Å². The second kappa shape index (κ2) is 2.95. The quantitative estimate of drug-likeness (QED) is 0.582. The summed E-state index contributed by atoms with van der Waals surface area (Å²) >= 11 is 2.31. The average molecular weight is 294 g/mol. The molecule has 1 aromatic carbocycles. The van der Waals surface area contributed by atoms with Gasteiger partial charge in [0.05, 0.1) is 11.0 Å². The van der Waals surface area contributed by atoms with Crippen LogP contribution in [0.2, 0.25) is 0 Å². The van der Waals surface area contributed by atoms with Gasteiger partial charge < -0.3 is 0 Å². The van der Waals surface area contributed by atoms with Crippen LogP contribution in [0.5, 0.6) is 0 Å². The molecule has 0 amide bonds. The summed E-state index contributed by atoms with van der Waals surface area (Å²) in [6.07, 6.45) is 2.10. The maximum Gasteiger partial charge on any atom is 0.137 e. The number of fused-ring (bicyclic) bond motifs is 3. The van der Waals surface area contributed by atoms with Gasteiger partial charge in [0.2, 0.25) is 0 Å². The molecule has 0 spiro atoms. The molecule has 3 rings (SSSR count). The molecule has 0 atom stereocenters. The van der Waals surface area contributed by atoms with E-state index in [0.717, 1.165) is 11.2 Å². The predicted molar refractivity (Wildman–Crippen MR) is 65.4 cm³/mol. The number of imidazole rings is 1. The second-order valence-corrected chi connectivity index (χ2v) is 4.42. The fraction of sp³-hybridized carbons (Fsp3) is 0. The lowest BCUT2D eigenvalue weighted by Gasteiger charge is -1.95. The fourth-order valence-electron chi connectivity index (χ4n) is 1.64. The van der Waals surface area contributed by atoms with Crippen molar-refractivity contribution in [3.05, 3.63) is 46.2 Å². The van der Waals surface area contributed by atoms with Crippen molar-refractivity contribution in [2.45, 2.75) is 0 Å². The number of halogens is 1. The number of pyridine rings is 1. The van der Waals surface area contributed by atoms with E-state index in [1.165, 1.54) is 9.09 Å². The van der Waals surface area contributed by atoms with Gasteiger partial charge in [0.15, 0.2) is 0 Å². The van der Waals surface area contributed by atoms with Crippen LogP contribution >= 0.6 is 22.6 Å². The van der Waals surface area contributed by atoms with E-state index in [0.29, 0.717) is 0 Å². The lowest BCUT2D eigenvalue weighted by molar-refractivity contribution is 1.21. The van der Waals surface area contributed by atoms with Crippen LogP contribution < -0.4 is 0 Å². The van der Waals surface area contributed by atoms with Gasteiger partial charge in [-0.1, -0.05) is 12.1 Å². The first-order valence-corrected chi connectivity index (χ1v) is 5.45. The molecule has 0 saturated heterocycles. The van der Waals surface area contributed by atoms with Gasteiger partial charge in [-0.3, -0.25) is 4.40 Å². The first kappa shape index (κ1) is 8.23. The molecule has 3 aromatic rings. The maximum absolute atomic E-state index is 4.52. The molecule has 0 radical (unpaired) electrons. The highest BCUT2D eigenvalue weighted by atomic mass is 127. The Morgan fingerprint density at radius 3 is 2.86 bits per heavy atom. The molecule has 0 saturated carbocycles. The Hall–Kier alpha value is -1.10. The molecule has 0 aliphatic rings. The molecule has 2 heterocycles. The van der Waals surface area contributed by atoms with Crippen molar-refractivity contribution in [2.75, 3.05) is 0 Å². The number of benzene rings is 1. The predicted octanol–water partition coefficient (Wildman–Crippen LogP) is 3.09. The molecule has 0 aliphatic heterocycles. The molecule has 0 N–H and O–H groups in total. The molecular formula is C11H7IN2. The standard InChI is InChI=1S/C11H7IN2/c12-8-5-6-11-13-9-3-1-2-4-10(9)14(11)7-8/h1-7H. The summed E-state index contributed by atoms with van der Waals surface area (Å²) in [5, 5.41) is 0. The van der Waals surface area contributed by atoms with Crippen molar-refractivity contribution in [3.8, 4) is 0 Å². The van der Waals surface area contributed by atoms with Crippen molar-refractivity contribution >= 4 is 39.3 Å². The van der Waals surface area contributed by atoms with E-state index in [-0.39, 0.29) is 0 Å². The van der Waals surface area contributed by atoms with Crippen LogP contribution in [0.1, 0.15) is 0 Å². The summed E-state index contributed by atoms with van der Waals surface area (Å²) in [6.45, 7) is 0. The van der Waals surface area contributed by atoms with E-state index in [4.69, 9.17) is 0 Å². The summed E-state index contributed by atoms with van der Waals surface area (Å²) in [5.41, 5.74) is 3.22. The van der Waals surface area contributed by atoms with Crippen molar-refractivity contribution in [3.63, 3.8) is 0 Å². The third kappa shape index (κ3) is 1.12. The number of rotatable bonds is 0. The largest absolute Gasteiger partial charge is 0.299 e. The van der Waals surface area contributed by atoms with E-state index in [1.807, 2.05) is 24.3 Å². The Kier molecular flexibility index (Phi) is 1.73. The minimum atomic E-state index is 1.01. The molecule has 0 bridgehead atoms. The van der Waals surface area contributed by atoms with Crippen LogP contribution in [0.3, 0.4) is 0 Å². The van der Waals surface area contributed by atoms with E-state index in [2.05, 4.69) is 50.3 Å². The van der Waals surface area contributed by atoms with Crippen LogP contribution in [0.4, 0.5) is 0 Å². The van der Waals surface area contributed by atoms with Crippen LogP contribution in [0.25, 0.3) is 16.7 Å². The third-order valence-corrected chi connectivity index (χ3v) is 2.91. The lowest BCUT2D eigenvalue weighted by atomic mass is 10.3. The minimum absolute atomic E-state index is 1.01. The Morgan fingerprint density at radius 2 is 1.93 bits per heavy atom. The maximum atomic E-state index is 4.52. The zero-order valence-corrected chi connectivity index (χ0v) is 9.47. The van der Waals surface area contributed by atoms with Crippen LogP contribution in [-0.4, -0.2) is 9.38 Å². The van der Waals surface area contributed by atoms with Gasteiger partial charge in [0, 0.05) is 9.77 Å². The minimum Gasteiger partial charge on any atom is -0.299 e. The van der Waals surface area contributed by atoms with Crippen molar-refractivity contribution in [1.29, 1.82) is 0 Å². The summed E-state index contributed by atoms with van der Waals surface area (Å²) in [6, 6.07) is 12.3. The van der Waals surface area contributed by atoms with Crippen molar-refractivity contribution in [2.24, 2.45) is 0 Å². The number of nitrogens with zero attached hydrogens (tertiary/aromatic N) is 2. The summed E-state index contributed by atoms with van der Waals surface area (Å²) in [4.78, 5) is 4.52. The highest BCUT2D eigenvalue weighted by Crippen LogP contribution is 2.17. The number of para-hydroxylation sites is 2. The Morgan fingerprint density at radius 1 is 1.07 bits per heavy atom. The third-order valence-electron chi connectivity index (χ3n) is 2.27. The highest BCUT2D eigenvalue weighted by molar-refractivity contribution is 14.1. The number of hydrogen-bond donors (Lipinski definition) is 0. The second-order valence-electron chi connectivity index (χ2n) is 3.18. The Balaban J connectivity index is 2.58. The van der Waals surface area contributed by atoms with Gasteiger partial charge in [-0.2, -0.15) is 0 Å². The summed E-state index contributed by atoms with van der Waals surface area (Å²) in [7, 11) is 0.